The molecule has 6 nitrogen and oxygen atoms in total. The normalized spacial score (nSPS) is 12.0. The average molecular weight is 295 g/mol. The number of carboxylic acids is 1. The molecule has 0 fully saturated rings. The molecule has 1 aromatic rings. The average Bonchev–Trinajstić information content (AvgIpc) is 2.45. The zero-order valence-corrected chi connectivity index (χ0v) is 12.2. The zero-order valence-electron chi connectivity index (χ0n) is 12.2. The summed E-state index contributed by atoms with van der Waals surface area (Å²) in [6, 6.07) is 8.37. The molecule has 1 rings (SSSR count). The lowest BCUT2D eigenvalue weighted by molar-refractivity contribution is -0.143. The first-order valence-electron chi connectivity index (χ1n) is 6.78. The van der Waals surface area contributed by atoms with E-state index in [4.69, 9.17) is 14.6 Å². The van der Waals surface area contributed by atoms with Crippen molar-refractivity contribution in [3.63, 3.8) is 0 Å². The van der Waals surface area contributed by atoms with Gasteiger partial charge in [-0.15, -0.1) is 0 Å². The molecule has 0 saturated heterocycles. The second-order valence-corrected chi connectivity index (χ2v) is 4.84. The van der Waals surface area contributed by atoms with Crippen molar-refractivity contribution in [2.45, 2.75) is 19.9 Å². The second-order valence-electron chi connectivity index (χ2n) is 4.84. The third-order valence-corrected chi connectivity index (χ3v) is 2.72. The zero-order chi connectivity index (χ0) is 15.7. The van der Waals surface area contributed by atoms with Crippen LogP contribution in [0.3, 0.4) is 0 Å². The summed E-state index contributed by atoms with van der Waals surface area (Å²) >= 11 is 0. The molecule has 0 unspecified atom stereocenters. The first kappa shape index (κ1) is 17.0. The Morgan fingerprint density at radius 3 is 2.43 bits per heavy atom. The van der Waals surface area contributed by atoms with Crippen LogP contribution in [0.5, 0.6) is 5.75 Å². The van der Waals surface area contributed by atoms with Crippen molar-refractivity contribution in [2.75, 3.05) is 19.8 Å². The van der Waals surface area contributed by atoms with Gasteiger partial charge in [0, 0.05) is 0 Å². The van der Waals surface area contributed by atoms with Gasteiger partial charge in [-0.1, -0.05) is 32.0 Å². The highest BCUT2D eigenvalue weighted by Gasteiger charge is 2.23. The van der Waals surface area contributed by atoms with Crippen LogP contribution in [0.4, 0.5) is 0 Å². The van der Waals surface area contributed by atoms with Crippen molar-refractivity contribution < 1.29 is 24.2 Å². The van der Waals surface area contributed by atoms with E-state index in [0.717, 1.165) is 5.75 Å². The third-order valence-electron chi connectivity index (χ3n) is 2.72. The number of carboxylic acid groups (broad SMARTS) is 1. The second kappa shape index (κ2) is 8.97. The third kappa shape index (κ3) is 6.76. The highest BCUT2D eigenvalue weighted by Crippen LogP contribution is 2.07. The minimum Gasteiger partial charge on any atom is -0.491 e. The number of carbonyl (C=O) groups is 2. The van der Waals surface area contributed by atoms with E-state index in [1.807, 2.05) is 30.3 Å². The molecule has 0 heterocycles. The number of hydrogen-bond acceptors (Lipinski definition) is 4. The number of amides is 1. The van der Waals surface area contributed by atoms with E-state index in [2.05, 4.69) is 5.32 Å². The van der Waals surface area contributed by atoms with Crippen LogP contribution < -0.4 is 10.1 Å². The number of ether oxygens (including phenoxy) is 2. The Balaban J connectivity index is 2.17. The minimum absolute atomic E-state index is 0.186. The maximum atomic E-state index is 11.6. The Kier molecular flexibility index (Phi) is 7.25. The smallest absolute Gasteiger partial charge is 0.326 e. The number of para-hydroxylation sites is 1. The summed E-state index contributed by atoms with van der Waals surface area (Å²) in [6.45, 7) is 3.85. The van der Waals surface area contributed by atoms with Gasteiger partial charge in [-0.25, -0.2) is 4.79 Å². The molecular formula is C15H21NO5. The molecule has 1 atom stereocenters. The van der Waals surface area contributed by atoms with E-state index in [9.17, 15) is 9.59 Å². The van der Waals surface area contributed by atoms with Crippen molar-refractivity contribution in [3.8, 4) is 5.75 Å². The van der Waals surface area contributed by atoms with Gasteiger partial charge >= 0.3 is 5.97 Å². The molecule has 116 valence electrons. The van der Waals surface area contributed by atoms with Gasteiger partial charge in [-0.05, 0) is 18.1 Å². The van der Waals surface area contributed by atoms with Crippen LogP contribution in [0, 0.1) is 5.92 Å². The van der Waals surface area contributed by atoms with E-state index in [1.54, 1.807) is 13.8 Å². The number of hydrogen-bond donors (Lipinski definition) is 2. The first-order chi connectivity index (χ1) is 10.0. The number of nitrogens with one attached hydrogen (secondary N) is 1. The number of rotatable bonds is 9. The van der Waals surface area contributed by atoms with Crippen LogP contribution >= 0.6 is 0 Å². The molecule has 0 aliphatic rings. The van der Waals surface area contributed by atoms with Gasteiger partial charge < -0.3 is 19.9 Å². The fraction of sp³-hybridized carbons (Fsp3) is 0.467. The summed E-state index contributed by atoms with van der Waals surface area (Å²) in [6.07, 6.45) is 0. The Morgan fingerprint density at radius 1 is 1.19 bits per heavy atom. The fourth-order valence-corrected chi connectivity index (χ4v) is 1.63. The van der Waals surface area contributed by atoms with Gasteiger partial charge in [0.2, 0.25) is 5.91 Å². The molecule has 6 heteroatoms. The molecule has 0 radical (unpaired) electrons. The molecule has 1 amide bonds. The van der Waals surface area contributed by atoms with Gasteiger partial charge in [-0.2, -0.15) is 0 Å². The summed E-state index contributed by atoms with van der Waals surface area (Å²) in [5, 5.41) is 11.4. The lowest BCUT2D eigenvalue weighted by Gasteiger charge is -2.17. The topological polar surface area (TPSA) is 84.9 Å². The SMILES string of the molecule is CC(C)[C@H](NC(=O)COCCOc1ccccc1)C(=O)O. The predicted octanol–water partition coefficient (Wildman–Crippen LogP) is 1.31. The summed E-state index contributed by atoms with van der Waals surface area (Å²) < 4.78 is 10.5. The van der Waals surface area contributed by atoms with Crippen LogP contribution in [0.15, 0.2) is 30.3 Å². The van der Waals surface area contributed by atoms with Gasteiger partial charge in [0.15, 0.2) is 0 Å². The van der Waals surface area contributed by atoms with E-state index < -0.39 is 17.9 Å². The largest absolute Gasteiger partial charge is 0.491 e. The van der Waals surface area contributed by atoms with Gasteiger partial charge in [0.25, 0.3) is 0 Å². The molecule has 0 aliphatic heterocycles. The van der Waals surface area contributed by atoms with Crippen LogP contribution in [-0.2, 0) is 14.3 Å². The molecule has 0 saturated carbocycles. The highest BCUT2D eigenvalue weighted by atomic mass is 16.5. The lowest BCUT2D eigenvalue weighted by atomic mass is 10.1. The Bertz CT molecular complexity index is 447. The number of aliphatic carboxylic acids is 1. The van der Waals surface area contributed by atoms with Gasteiger partial charge in [-0.3, -0.25) is 4.79 Å². The summed E-state index contributed by atoms with van der Waals surface area (Å²) in [5.41, 5.74) is 0. The maximum Gasteiger partial charge on any atom is 0.326 e. The van der Waals surface area contributed by atoms with Crippen LogP contribution in [0.25, 0.3) is 0 Å². The Labute approximate surface area is 124 Å². The Hall–Kier alpha value is -2.08. The van der Waals surface area contributed by atoms with Crippen LogP contribution in [-0.4, -0.2) is 42.8 Å². The standard InChI is InChI=1S/C15H21NO5/c1-11(2)14(15(18)19)16-13(17)10-20-8-9-21-12-6-4-3-5-7-12/h3-7,11,14H,8-10H2,1-2H3,(H,16,17)(H,18,19)/t14-/m0/s1. The molecule has 0 bridgehead atoms. The van der Waals surface area contributed by atoms with E-state index >= 15 is 0 Å². The molecular weight excluding hydrogens is 274 g/mol. The molecule has 2 N–H and O–H groups in total. The summed E-state index contributed by atoms with van der Waals surface area (Å²) in [7, 11) is 0. The van der Waals surface area contributed by atoms with Crippen molar-refractivity contribution >= 4 is 11.9 Å². The quantitative estimate of drug-likeness (QED) is 0.671. The van der Waals surface area contributed by atoms with Crippen molar-refractivity contribution in [1.82, 2.24) is 5.32 Å². The van der Waals surface area contributed by atoms with Gasteiger partial charge in [0.1, 0.15) is 25.0 Å². The Morgan fingerprint density at radius 2 is 1.86 bits per heavy atom. The summed E-state index contributed by atoms with van der Waals surface area (Å²) in [4.78, 5) is 22.5. The van der Waals surface area contributed by atoms with Crippen molar-refractivity contribution in [3.05, 3.63) is 30.3 Å². The predicted molar refractivity (Wildman–Crippen MR) is 77.2 cm³/mol. The number of benzene rings is 1. The van der Waals surface area contributed by atoms with E-state index in [1.165, 1.54) is 0 Å². The fourth-order valence-electron chi connectivity index (χ4n) is 1.63. The van der Waals surface area contributed by atoms with Crippen molar-refractivity contribution in [2.24, 2.45) is 5.92 Å². The highest BCUT2D eigenvalue weighted by molar-refractivity contribution is 5.84. The summed E-state index contributed by atoms with van der Waals surface area (Å²) in [5.74, 6) is -0.953. The first-order valence-corrected chi connectivity index (χ1v) is 6.78. The molecule has 21 heavy (non-hydrogen) atoms. The maximum absolute atomic E-state index is 11.6. The monoisotopic (exact) mass is 295 g/mol. The van der Waals surface area contributed by atoms with E-state index in [0.29, 0.717) is 6.61 Å². The molecule has 1 aromatic carbocycles. The van der Waals surface area contributed by atoms with Gasteiger partial charge in [0.05, 0.1) is 6.61 Å². The van der Waals surface area contributed by atoms with Crippen molar-refractivity contribution in [1.29, 1.82) is 0 Å². The van der Waals surface area contributed by atoms with E-state index in [-0.39, 0.29) is 19.1 Å². The molecule has 0 aromatic heterocycles. The van der Waals surface area contributed by atoms with Crippen LogP contribution in [0.1, 0.15) is 13.8 Å². The number of carbonyl (C=O) groups excluding carboxylic acids is 1. The lowest BCUT2D eigenvalue weighted by Crippen LogP contribution is -2.45. The molecule has 0 spiro atoms. The minimum atomic E-state index is -1.05. The molecule has 0 aliphatic carbocycles. The van der Waals surface area contributed by atoms with Crippen LogP contribution in [0.2, 0.25) is 0 Å².